The van der Waals surface area contributed by atoms with Crippen molar-refractivity contribution in [3.05, 3.63) is 11.6 Å². The maximum Gasteiger partial charge on any atom is 0.461 e. The Labute approximate surface area is 93.2 Å². The number of rotatable bonds is 4. The Bertz CT molecular complexity index is 222. The second kappa shape index (κ2) is 5.71. The summed E-state index contributed by atoms with van der Waals surface area (Å²) in [7, 11) is 0.0546. The summed E-state index contributed by atoms with van der Waals surface area (Å²) in [6, 6.07) is 0. The Morgan fingerprint density at radius 3 is 2.80 bits per heavy atom. The third kappa shape index (κ3) is 3.35. The van der Waals surface area contributed by atoms with Gasteiger partial charge in [0.25, 0.3) is 0 Å². The van der Waals surface area contributed by atoms with Gasteiger partial charge in [0.15, 0.2) is 0 Å². The first-order chi connectivity index (χ1) is 7.38. The molecule has 1 aliphatic heterocycles. The molecule has 0 unspecified atom stereocenters. The summed E-state index contributed by atoms with van der Waals surface area (Å²) in [6.45, 7) is 3.83. The summed E-state index contributed by atoms with van der Waals surface area (Å²) in [5.41, 5.74) is 1.55. The van der Waals surface area contributed by atoms with Crippen molar-refractivity contribution in [3.63, 3.8) is 0 Å². The van der Waals surface area contributed by atoms with Crippen LogP contribution in [0.25, 0.3) is 0 Å². The molecule has 15 heavy (non-hydrogen) atoms. The van der Waals surface area contributed by atoms with Gasteiger partial charge in [0.1, 0.15) is 0 Å². The highest BCUT2D eigenvalue weighted by molar-refractivity contribution is 6.45. The summed E-state index contributed by atoms with van der Waals surface area (Å²) in [6.07, 6.45) is 10.0. The fraction of sp³-hybridized carbons (Fsp3) is 0.833. The average Bonchev–Trinajstić information content (AvgIpc) is 2.74. The molecule has 0 N–H and O–H groups in total. The smallest absolute Gasteiger partial charge is 0.409 e. The lowest BCUT2D eigenvalue weighted by molar-refractivity contribution is 0.365. The Kier molecular flexibility index (Phi) is 4.27. The van der Waals surface area contributed by atoms with Crippen LogP contribution in [0.3, 0.4) is 0 Å². The molecule has 0 radical (unpaired) electrons. The zero-order valence-electron chi connectivity index (χ0n) is 9.71. The first kappa shape index (κ1) is 11.2. The van der Waals surface area contributed by atoms with Gasteiger partial charge in [-0.3, -0.25) is 0 Å². The number of hydrogen-bond donors (Lipinski definition) is 0. The maximum absolute atomic E-state index is 5.47. The van der Waals surface area contributed by atoms with E-state index in [9.17, 15) is 0 Å². The Balaban J connectivity index is 1.74. The molecular formula is C12H21BO2. The Hall–Kier alpha value is -0.275. The fourth-order valence-corrected chi connectivity index (χ4v) is 2.54. The van der Waals surface area contributed by atoms with E-state index >= 15 is 0 Å². The van der Waals surface area contributed by atoms with Gasteiger partial charge >= 0.3 is 7.12 Å². The van der Waals surface area contributed by atoms with E-state index in [1.165, 1.54) is 32.1 Å². The van der Waals surface area contributed by atoms with Crippen molar-refractivity contribution in [3.8, 4) is 0 Å². The third-order valence-electron chi connectivity index (χ3n) is 3.43. The van der Waals surface area contributed by atoms with E-state index in [1.54, 1.807) is 5.57 Å². The molecule has 0 aromatic carbocycles. The second-order valence-corrected chi connectivity index (χ2v) is 4.67. The molecule has 2 aliphatic rings. The molecule has 0 saturated carbocycles. The van der Waals surface area contributed by atoms with Crippen LogP contribution in [0, 0.1) is 5.92 Å². The van der Waals surface area contributed by atoms with Gasteiger partial charge in [-0.1, -0.05) is 31.4 Å². The first-order valence-corrected chi connectivity index (χ1v) is 6.29. The van der Waals surface area contributed by atoms with Gasteiger partial charge in [-0.15, -0.1) is 0 Å². The fourth-order valence-electron chi connectivity index (χ4n) is 2.54. The molecule has 2 nitrogen and oxygen atoms in total. The number of hydrogen-bond acceptors (Lipinski definition) is 2. The van der Waals surface area contributed by atoms with Crippen molar-refractivity contribution < 1.29 is 9.31 Å². The summed E-state index contributed by atoms with van der Waals surface area (Å²) in [4.78, 5) is 0. The Morgan fingerprint density at radius 2 is 2.20 bits per heavy atom. The van der Waals surface area contributed by atoms with Crippen LogP contribution < -0.4 is 0 Å². The molecule has 2 rings (SSSR count). The highest BCUT2D eigenvalue weighted by Crippen LogP contribution is 2.29. The van der Waals surface area contributed by atoms with E-state index in [1.807, 2.05) is 0 Å². The molecule has 1 saturated heterocycles. The number of allylic oxidation sites excluding steroid dienone is 2. The SMILES string of the molecule is CCC[C@@H]1CC=C(CB2OCCO2)CC1. The van der Waals surface area contributed by atoms with Gasteiger partial charge < -0.3 is 9.31 Å². The van der Waals surface area contributed by atoms with Crippen LogP contribution >= 0.6 is 0 Å². The van der Waals surface area contributed by atoms with Gasteiger partial charge in [0.2, 0.25) is 0 Å². The lowest BCUT2D eigenvalue weighted by Crippen LogP contribution is -2.16. The minimum absolute atomic E-state index is 0.0546. The molecule has 0 bridgehead atoms. The minimum Gasteiger partial charge on any atom is -0.409 e. The van der Waals surface area contributed by atoms with E-state index < -0.39 is 0 Å². The molecular weight excluding hydrogens is 187 g/mol. The van der Waals surface area contributed by atoms with Crippen LogP contribution in [-0.2, 0) is 9.31 Å². The van der Waals surface area contributed by atoms with Crippen molar-refractivity contribution in [1.29, 1.82) is 0 Å². The summed E-state index contributed by atoms with van der Waals surface area (Å²) in [5.74, 6) is 0.934. The summed E-state index contributed by atoms with van der Waals surface area (Å²) in [5, 5.41) is 0. The van der Waals surface area contributed by atoms with E-state index in [0.29, 0.717) is 0 Å². The van der Waals surface area contributed by atoms with E-state index in [0.717, 1.165) is 25.5 Å². The minimum atomic E-state index is 0.0546. The standard InChI is InChI=1S/C12H21BO2/c1-2-3-11-4-6-12(7-5-11)10-13-14-8-9-15-13/h6,11H,2-5,7-10H2,1H3/t11-/m1/s1. The monoisotopic (exact) mass is 208 g/mol. The van der Waals surface area contributed by atoms with Crippen molar-refractivity contribution in [2.24, 2.45) is 5.92 Å². The zero-order valence-corrected chi connectivity index (χ0v) is 9.71. The van der Waals surface area contributed by atoms with E-state index in [4.69, 9.17) is 9.31 Å². The van der Waals surface area contributed by atoms with Crippen molar-refractivity contribution in [1.82, 2.24) is 0 Å². The van der Waals surface area contributed by atoms with E-state index in [2.05, 4.69) is 13.0 Å². The zero-order chi connectivity index (χ0) is 10.5. The van der Waals surface area contributed by atoms with Crippen LogP contribution in [-0.4, -0.2) is 20.3 Å². The molecule has 1 aliphatic carbocycles. The normalized spacial score (nSPS) is 26.9. The molecule has 1 heterocycles. The van der Waals surface area contributed by atoms with Gasteiger partial charge in [0.05, 0.1) is 13.2 Å². The van der Waals surface area contributed by atoms with Crippen molar-refractivity contribution in [2.75, 3.05) is 13.2 Å². The molecule has 0 amide bonds. The second-order valence-electron chi connectivity index (χ2n) is 4.67. The Morgan fingerprint density at radius 1 is 1.40 bits per heavy atom. The largest absolute Gasteiger partial charge is 0.461 e. The van der Waals surface area contributed by atoms with Gasteiger partial charge in [-0.05, 0) is 25.2 Å². The van der Waals surface area contributed by atoms with E-state index in [-0.39, 0.29) is 7.12 Å². The summed E-state index contributed by atoms with van der Waals surface area (Å²) >= 11 is 0. The van der Waals surface area contributed by atoms with Gasteiger partial charge in [0, 0.05) is 6.32 Å². The molecule has 3 heteroatoms. The summed E-state index contributed by atoms with van der Waals surface area (Å²) < 4.78 is 10.9. The molecule has 0 spiro atoms. The van der Waals surface area contributed by atoms with Crippen LogP contribution in [0.4, 0.5) is 0 Å². The van der Waals surface area contributed by atoms with Crippen LogP contribution in [0.2, 0.25) is 6.32 Å². The maximum atomic E-state index is 5.47. The molecule has 0 aromatic rings. The topological polar surface area (TPSA) is 18.5 Å². The lowest BCUT2D eigenvalue weighted by atomic mass is 9.75. The molecule has 84 valence electrons. The highest BCUT2D eigenvalue weighted by Gasteiger charge is 2.26. The van der Waals surface area contributed by atoms with Crippen LogP contribution in [0.5, 0.6) is 0 Å². The van der Waals surface area contributed by atoms with Crippen LogP contribution in [0.15, 0.2) is 11.6 Å². The predicted octanol–water partition coefficient (Wildman–Crippen LogP) is 3.05. The predicted molar refractivity (Wildman–Crippen MR) is 62.8 cm³/mol. The molecule has 0 aromatic heterocycles. The highest BCUT2D eigenvalue weighted by atomic mass is 16.6. The van der Waals surface area contributed by atoms with Crippen molar-refractivity contribution in [2.45, 2.75) is 45.3 Å². The molecule has 1 atom stereocenters. The lowest BCUT2D eigenvalue weighted by Gasteiger charge is -2.21. The molecule has 1 fully saturated rings. The van der Waals surface area contributed by atoms with Gasteiger partial charge in [-0.2, -0.15) is 0 Å². The third-order valence-corrected chi connectivity index (χ3v) is 3.43. The van der Waals surface area contributed by atoms with Gasteiger partial charge in [-0.25, -0.2) is 0 Å². The quantitative estimate of drug-likeness (QED) is 0.522. The average molecular weight is 208 g/mol. The van der Waals surface area contributed by atoms with Crippen LogP contribution in [0.1, 0.15) is 39.0 Å². The van der Waals surface area contributed by atoms with Crippen molar-refractivity contribution >= 4 is 7.12 Å². The first-order valence-electron chi connectivity index (χ1n) is 6.29.